The number of anilines is 2. The minimum absolute atomic E-state index is 0.793. The van der Waals surface area contributed by atoms with Crippen LogP contribution in [-0.4, -0.2) is 17.3 Å². The van der Waals surface area contributed by atoms with Crippen LogP contribution in [0.1, 0.15) is 11.1 Å². The van der Waals surface area contributed by atoms with Crippen molar-refractivity contribution in [2.75, 3.05) is 12.4 Å². The van der Waals surface area contributed by atoms with Crippen molar-refractivity contribution in [3.63, 3.8) is 0 Å². The van der Waals surface area contributed by atoms with E-state index < -0.39 is 0 Å². The molecule has 1 heterocycles. The Bertz CT molecular complexity index is 772. The van der Waals surface area contributed by atoms with Crippen LogP contribution in [0.25, 0.3) is 0 Å². The third-order valence-electron chi connectivity index (χ3n) is 3.19. The zero-order chi connectivity index (χ0) is 16.1. The van der Waals surface area contributed by atoms with Crippen LogP contribution in [0, 0.1) is 6.92 Å². The molecule has 0 aliphatic heterocycles. The first-order chi connectivity index (χ1) is 11.2. The van der Waals surface area contributed by atoms with Gasteiger partial charge < -0.3 is 10.1 Å². The highest BCUT2D eigenvalue weighted by atomic mass is 32.2. The third-order valence-corrected chi connectivity index (χ3v) is 5.24. The van der Waals surface area contributed by atoms with Gasteiger partial charge in [-0.3, -0.25) is 0 Å². The lowest BCUT2D eigenvalue weighted by atomic mass is 10.2. The number of rotatable bonds is 6. The van der Waals surface area contributed by atoms with Gasteiger partial charge in [-0.05, 0) is 36.8 Å². The van der Waals surface area contributed by atoms with Crippen molar-refractivity contribution in [2.45, 2.75) is 17.0 Å². The highest BCUT2D eigenvalue weighted by Gasteiger charge is 2.06. The summed E-state index contributed by atoms with van der Waals surface area (Å²) in [7, 11) is 1.66. The number of hydrogen-bond donors (Lipinski definition) is 1. The maximum atomic E-state index is 5.15. The summed E-state index contributed by atoms with van der Waals surface area (Å²) in [6.45, 7) is 2.11. The summed E-state index contributed by atoms with van der Waals surface area (Å²) in [5.41, 5.74) is 3.55. The number of aryl methyl sites for hydroxylation is 1. The maximum absolute atomic E-state index is 5.15. The number of hydrogen-bond acceptors (Lipinski definition) is 6. The molecular formula is C17H17N3OS2. The molecule has 0 amide bonds. The molecule has 0 unspecified atom stereocenters. The molecule has 1 N–H and O–H groups in total. The van der Waals surface area contributed by atoms with E-state index in [0.29, 0.717) is 0 Å². The highest BCUT2D eigenvalue weighted by Crippen LogP contribution is 2.30. The van der Waals surface area contributed by atoms with E-state index in [1.54, 1.807) is 30.2 Å². The molecule has 1 aromatic heterocycles. The van der Waals surface area contributed by atoms with E-state index in [4.69, 9.17) is 4.74 Å². The van der Waals surface area contributed by atoms with Crippen LogP contribution in [-0.2, 0) is 5.75 Å². The Labute approximate surface area is 143 Å². The lowest BCUT2D eigenvalue weighted by Crippen LogP contribution is -1.89. The highest BCUT2D eigenvalue weighted by molar-refractivity contribution is 8.00. The number of benzene rings is 2. The fraction of sp³-hybridized carbons (Fsp3) is 0.176. The van der Waals surface area contributed by atoms with E-state index in [1.165, 1.54) is 11.1 Å². The van der Waals surface area contributed by atoms with Crippen LogP contribution in [0.5, 0.6) is 5.75 Å². The molecule has 0 radical (unpaired) electrons. The van der Waals surface area contributed by atoms with E-state index in [9.17, 15) is 0 Å². The molecule has 0 aliphatic rings. The van der Waals surface area contributed by atoms with Crippen molar-refractivity contribution in [1.82, 2.24) is 10.2 Å². The summed E-state index contributed by atoms with van der Waals surface area (Å²) in [5, 5.41) is 12.5. The molecule has 4 nitrogen and oxygen atoms in total. The Balaban J connectivity index is 1.59. The van der Waals surface area contributed by atoms with Gasteiger partial charge in [-0.1, -0.05) is 52.9 Å². The molecule has 6 heteroatoms. The van der Waals surface area contributed by atoms with Crippen molar-refractivity contribution >= 4 is 33.9 Å². The number of aromatic nitrogens is 2. The van der Waals surface area contributed by atoms with Crippen LogP contribution in [0.2, 0.25) is 0 Å². The van der Waals surface area contributed by atoms with Gasteiger partial charge in [0.1, 0.15) is 5.75 Å². The second-order valence-electron chi connectivity index (χ2n) is 5.00. The molecule has 0 bridgehead atoms. The zero-order valence-electron chi connectivity index (χ0n) is 12.9. The van der Waals surface area contributed by atoms with Crippen LogP contribution in [0.15, 0.2) is 52.9 Å². The molecule has 3 aromatic rings. The summed E-state index contributed by atoms with van der Waals surface area (Å²) in [6, 6.07) is 16.3. The summed E-state index contributed by atoms with van der Waals surface area (Å²) >= 11 is 3.26. The van der Waals surface area contributed by atoms with Gasteiger partial charge in [0.2, 0.25) is 5.13 Å². The first kappa shape index (κ1) is 15.8. The fourth-order valence-corrected chi connectivity index (χ4v) is 3.78. The van der Waals surface area contributed by atoms with Crippen molar-refractivity contribution < 1.29 is 4.74 Å². The second kappa shape index (κ2) is 7.48. The molecule has 0 atom stereocenters. The molecule has 3 rings (SSSR count). The average Bonchev–Trinajstić information content (AvgIpc) is 3.01. The molecular weight excluding hydrogens is 326 g/mol. The van der Waals surface area contributed by atoms with E-state index in [2.05, 4.69) is 46.7 Å². The average molecular weight is 343 g/mol. The lowest BCUT2D eigenvalue weighted by Gasteiger charge is -2.03. The first-order valence-corrected chi connectivity index (χ1v) is 8.96. The number of nitrogens with zero attached hydrogens (tertiary/aromatic N) is 2. The number of ether oxygens (including phenoxy) is 1. The quantitative estimate of drug-likeness (QED) is 0.646. The number of thioether (sulfide) groups is 1. The molecule has 0 saturated carbocycles. The summed E-state index contributed by atoms with van der Waals surface area (Å²) in [5.74, 6) is 1.74. The van der Waals surface area contributed by atoms with Gasteiger partial charge in [-0.15, -0.1) is 10.2 Å². The van der Waals surface area contributed by atoms with E-state index in [1.807, 2.05) is 24.3 Å². The van der Waals surface area contributed by atoms with Crippen molar-refractivity contribution in [2.24, 2.45) is 0 Å². The Morgan fingerprint density at radius 3 is 2.70 bits per heavy atom. The van der Waals surface area contributed by atoms with Gasteiger partial charge >= 0.3 is 0 Å². The topological polar surface area (TPSA) is 47.0 Å². The first-order valence-electron chi connectivity index (χ1n) is 7.16. The molecule has 0 spiro atoms. The lowest BCUT2D eigenvalue weighted by molar-refractivity contribution is 0.415. The summed E-state index contributed by atoms with van der Waals surface area (Å²) in [6.07, 6.45) is 0. The van der Waals surface area contributed by atoms with Gasteiger partial charge in [-0.2, -0.15) is 0 Å². The second-order valence-corrected chi connectivity index (χ2v) is 7.20. The molecule has 0 aliphatic carbocycles. The van der Waals surface area contributed by atoms with Crippen LogP contribution in [0.3, 0.4) is 0 Å². The SMILES string of the molecule is COc1ccc(Nc2nnc(SCc3cccc(C)c3)s2)cc1. The van der Waals surface area contributed by atoms with Crippen molar-refractivity contribution in [3.8, 4) is 5.75 Å². The predicted molar refractivity (Wildman–Crippen MR) is 96.9 cm³/mol. The van der Waals surface area contributed by atoms with Crippen LogP contribution in [0.4, 0.5) is 10.8 Å². The van der Waals surface area contributed by atoms with Gasteiger partial charge in [0.05, 0.1) is 7.11 Å². The molecule has 118 valence electrons. The minimum atomic E-state index is 0.793. The van der Waals surface area contributed by atoms with Crippen LogP contribution >= 0.6 is 23.1 Å². The summed E-state index contributed by atoms with van der Waals surface area (Å²) in [4.78, 5) is 0. The van der Waals surface area contributed by atoms with Gasteiger partial charge in [0.15, 0.2) is 4.34 Å². The van der Waals surface area contributed by atoms with Crippen molar-refractivity contribution in [3.05, 3.63) is 59.7 Å². The number of nitrogens with one attached hydrogen (secondary N) is 1. The Morgan fingerprint density at radius 2 is 1.96 bits per heavy atom. The number of methoxy groups -OCH3 is 1. The van der Waals surface area contributed by atoms with Gasteiger partial charge in [0, 0.05) is 11.4 Å². The fourth-order valence-electron chi connectivity index (χ4n) is 2.06. The maximum Gasteiger partial charge on any atom is 0.210 e. The van der Waals surface area contributed by atoms with E-state index >= 15 is 0 Å². The Kier molecular flexibility index (Phi) is 5.15. The van der Waals surface area contributed by atoms with E-state index in [0.717, 1.165) is 26.7 Å². The molecule has 2 aromatic carbocycles. The van der Waals surface area contributed by atoms with Crippen LogP contribution < -0.4 is 10.1 Å². The molecule has 0 saturated heterocycles. The largest absolute Gasteiger partial charge is 0.497 e. The van der Waals surface area contributed by atoms with E-state index in [-0.39, 0.29) is 0 Å². The molecule has 0 fully saturated rings. The smallest absolute Gasteiger partial charge is 0.210 e. The van der Waals surface area contributed by atoms with Crippen molar-refractivity contribution in [1.29, 1.82) is 0 Å². The Hall–Kier alpha value is -2.05. The monoisotopic (exact) mass is 343 g/mol. The standard InChI is InChI=1S/C17H17N3OS2/c1-12-4-3-5-13(10-12)11-22-17-20-19-16(23-17)18-14-6-8-15(21-2)9-7-14/h3-10H,11H2,1-2H3,(H,18,19). The Morgan fingerprint density at radius 1 is 1.13 bits per heavy atom. The molecule has 23 heavy (non-hydrogen) atoms. The van der Waals surface area contributed by atoms with Gasteiger partial charge in [-0.25, -0.2) is 0 Å². The predicted octanol–water partition coefficient (Wildman–Crippen LogP) is 4.89. The van der Waals surface area contributed by atoms with Gasteiger partial charge in [0.25, 0.3) is 0 Å². The minimum Gasteiger partial charge on any atom is -0.497 e. The summed E-state index contributed by atoms with van der Waals surface area (Å²) < 4.78 is 6.11. The zero-order valence-corrected chi connectivity index (χ0v) is 14.6. The third kappa shape index (κ3) is 4.46. The normalized spacial score (nSPS) is 10.5.